The van der Waals surface area contributed by atoms with Crippen LogP contribution >= 0.6 is 11.3 Å². The number of pyridine rings is 1. The zero-order valence-electron chi connectivity index (χ0n) is 14.6. The number of nitrogens with zero attached hydrogens (tertiary/aromatic N) is 2. The molecule has 3 rings (SSSR count). The van der Waals surface area contributed by atoms with Gasteiger partial charge in [0.25, 0.3) is 5.91 Å². The van der Waals surface area contributed by atoms with Crippen molar-refractivity contribution < 1.29 is 9.53 Å². The van der Waals surface area contributed by atoms with E-state index in [2.05, 4.69) is 32.7 Å². The summed E-state index contributed by atoms with van der Waals surface area (Å²) in [6, 6.07) is 6.31. The summed E-state index contributed by atoms with van der Waals surface area (Å²) in [5.41, 5.74) is 7.75. The Hall–Kier alpha value is -1.96. The summed E-state index contributed by atoms with van der Waals surface area (Å²) in [5, 5.41) is 5.46. The second-order valence-electron chi connectivity index (χ2n) is 6.23. The van der Waals surface area contributed by atoms with Gasteiger partial charge >= 0.3 is 0 Å². The van der Waals surface area contributed by atoms with Crippen molar-refractivity contribution >= 4 is 23.1 Å². The molecule has 1 aliphatic rings. The van der Waals surface area contributed by atoms with Crippen LogP contribution in [0.3, 0.4) is 0 Å². The van der Waals surface area contributed by atoms with Crippen LogP contribution in [0.25, 0.3) is 0 Å². The van der Waals surface area contributed by atoms with Gasteiger partial charge in [-0.15, -0.1) is 11.3 Å². The van der Waals surface area contributed by atoms with E-state index in [9.17, 15) is 4.79 Å². The van der Waals surface area contributed by atoms with Crippen molar-refractivity contribution in [2.45, 2.75) is 19.9 Å². The molecule has 25 heavy (non-hydrogen) atoms. The number of morpholine rings is 1. The Morgan fingerprint density at radius 2 is 2.20 bits per heavy atom. The largest absolute Gasteiger partial charge is 0.379 e. The molecule has 1 amide bonds. The van der Waals surface area contributed by atoms with Crippen LogP contribution in [0.5, 0.6) is 0 Å². The number of carbonyl (C=O) groups is 1. The maximum Gasteiger partial charge on any atom is 0.252 e. The summed E-state index contributed by atoms with van der Waals surface area (Å²) in [6.45, 7) is 7.75. The van der Waals surface area contributed by atoms with E-state index in [1.807, 2.05) is 19.9 Å². The molecule has 2 aromatic heterocycles. The van der Waals surface area contributed by atoms with E-state index in [1.165, 1.54) is 4.88 Å². The minimum absolute atomic E-state index is 0.215. The average molecular weight is 360 g/mol. The summed E-state index contributed by atoms with van der Waals surface area (Å²) < 4.78 is 5.48. The number of nitrogens with one attached hydrogen (secondary N) is 1. The lowest BCUT2D eigenvalue weighted by Crippen LogP contribution is -2.41. The van der Waals surface area contributed by atoms with E-state index in [0.29, 0.717) is 17.9 Å². The molecule has 3 N–H and O–H groups in total. The highest BCUT2D eigenvalue weighted by Crippen LogP contribution is 2.27. The maximum atomic E-state index is 11.8. The van der Waals surface area contributed by atoms with Crippen LogP contribution in [0.1, 0.15) is 32.5 Å². The number of carbonyl (C=O) groups excluding carboxylic acids is 1. The molecule has 134 valence electrons. The third kappa shape index (κ3) is 4.18. The Bertz CT molecular complexity index is 727. The monoisotopic (exact) mass is 360 g/mol. The second kappa shape index (κ2) is 7.95. The lowest BCUT2D eigenvalue weighted by Gasteiger charge is -2.34. The van der Waals surface area contributed by atoms with Gasteiger partial charge in [-0.25, -0.2) is 4.98 Å². The number of thiophene rings is 1. The summed E-state index contributed by atoms with van der Waals surface area (Å²) in [4.78, 5) is 20.1. The number of primary amides is 1. The molecule has 0 aliphatic carbocycles. The van der Waals surface area contributed by atoms with E-state index >= 15 is 0 Å². The summed E-state index contributed by atoms with van der Waals surface area (Å²) in [6.07, 6.45) is 0. The quantitative estimate of drug-likeness (QED) is 0.826. The first-order valence-electron chi connectivity index (χ1n) is 8.43. The van der Waals surface area contributed by atoms with Crippen molar-refractivity contribution in [1.29, 1.82) is 0 Å². The molecule has 0 aromatic carbocycles. The number of amides is 1. The van der Waals surface area contributed by atoms with E-state index in [-0.39, 0.29) is 6.04 Å². The van der Waals surface area contributed by atoms with Crippen molar-refractivity contribution in [1.82, 2.24) is 9.88 Å². The number of nitrogens with two attached hydrogens (primary N) is 1. The molecule has 0 spiro atoms. The minimum atomic E-state index is -0.452. The number of rotatable bonds is 6. The Morgan fingerprint density at radius 3 is 2.84 bits per heavy atom. The number of aryl methyl sites for hydroxylation is 2. The molecule has 1 aliphatic heterocycles. The first-order valence-corrected chi connectivity index (χ1v) is 9.31. The van der Waals surface area contributed by atoms with Gasteiger partial charge in [0.05, 0.1) is 24.8 Å². The van der Waals surface area contributed by atoms with Crippen molar-refractivity contribution in [2.24, 2.45) is 5.73 Å². The van der Waals surface area contributed by atoms with E-state index < -0.39 is 5.91 Å². The molecule has 1 atom stereocenters. The van der Waals surface area contributed by atoms with Gasteiger partial charge in [0.1, 0.15) is 5.82 Å². The lowest BCUT2D eigenvalue weighted by atomic mass is 10.1. The highest BCUT2D eigenvalue weighted by molar-refractivity contribution is 7.10. The fraction of sp³-hybridized carbons (Fsp3) is 0.444. The molecular weight excluding hydrogens is 336 g/mol. The van der Waals surface area contributed by atoms with Crippen LogP contribution in [-0.4, -0.2) is 48.6 Å². The summed E-state index contributed by atoms with van der Waals surface area (Å²) in [7, 11) is 0. The fourth-order valence-corrected chi connectivity index (χ4v) is 4.11. The minimum Gasteiger partial charge on any atom is -0.379 e. The van der Waals surface area contributed by atoms with Crippen LogP contribution in [-0.2, 0) is 4.74 Å². The predicted octanol–water partition coefficient (Wildman–Crippen LogP) is 2.34. The van der Waals surface area contributed by atoms with Crippen molar-refractivity contribution in [3.05, 3.63) is 45.3 Å². The molecule has 0 saturated carbocycles. The fourth-order valence-electron chi connectivity index (χ4n) is 3.25. The number of aromatic nitrogens is 1. The maximum absolute atomic E-state index is 11.8. The van der Waals surface area contributed by atoms with Crippen LogP contribution in [0, 0.1) is 13.8 Å². The van der Waals surface area contributed by atoms with Gasteiger partial charge in [0.2, 0.25) is 0 Å². The normalized spacial score (nSPS) is 16.6. The Kier molecular flexibility index (Phi) is 5.67. The first kappa shape index (κ1) is 17.8. The smallest absolute Gasteiger partial charge is 0.252 e. The van der Waals surface area contributed by atoms with E-state index in [4.69, 9.17) is 10.5 Å². The molecule has 6 nitrogen and oxygen atoms in total. The standard InChI is InChI=1S/C18H24N4O2S/c1-12-10-13(2)21-18(16(12)17(19)23)20-11-14(15-4-3-9-25-15)22-5-7-24-8-6-22/h3-4,9-10,14H,5-8,11H2,1-2H3,(H2,19,23)(H,20,21). The van der Waals surface area contributed by atoms with Gasteiger partial charge < -0.3 is 15.8 Å². The molecule has 0 radical (unpaired) electrons. The third-order valence-corrected chi connectivity index (χ3v) is 5.39. The van der Waals surface area contributed by atoms with Crippen molar-refractivity contribution in [2.75, 3.05) is 38.2 Å². The molecule has 1 saturated heterocycles. The summed E-state index contributed by atoms with van der Waals surface area (Å²) in [5.74, 6) is 0.117. The highest BCUT2D eigenvalue weighted by atomic mass is 32.1. The Balaban J connectivity index is 1.83. The van der Waals surface area contributed by atoms with Gasteiger partial charge in [0.15, 0.2) is 0 Å². The molecule has 7 heteroatoms. The van der Waals surface area contributed by atoms with Crippen molar-refractivity contribution in [3.63, 3.8) is 0 Å². The first-order chi connectivity index (χ1) is 12.1. The molecule has 2 aromatic rings. The molecular formula is C18H24N4O2S. The molecule has 1 unspecified atom stereocenters. The van der Waals surface area contributed by atoms with Gasteiger partial charge in [-0.1, -0.05) is 6.07 Å². The summed E-state index contributed by atoms with van der Waals surface area (Å²) >= 11 is 1.74. The van der Waals surface area contributed by atoms with Gasteiger partial charge in [0, 0.05) is 30.2 Å². The zero-order valence-corrected chi connectivity index (χ0v) is 15.4. The van der Waals surface area contributed by atoms with Crippen molar-refractivity contribution in [3.8, 4) is 0 Å². The average Bonchev–Trinajstić information content (AvgIpc) is 3.09. The highest BCUT2D eigenvalue weighted by Gasteiger charge is 2.24. The number of ether oxygens (including phenoxy) is 1. The van der Waals surface area contributed by atoms with Gasteiger partial charge in [-0.2, -0.15) is 0 Å². The second-order valence-corrected chi connectivity index (χ2v) is 7.21. The topological polar surface area (TPSA) is 80.5 Å². The van der Waals surface area contributed by atoms with Crippen LogP contribution in [0.15, 0.2) is 23.6 Å². The zero-order chi connectivity index (χ0) is 17.8. The number of hydrogen-bond donors (Lipinski definition) is 2. The van der Waals surface area contributed by atoms with Crippen LogP contribution < -0.4 is 11.1 Å². The van der Waals surface area contributed by atoms with Gasteiger partial charge in [-0.05, 0) is 36.9 Å². The third-order valence-electron chi connectivity index (χ3n) is 4.41. The van der Waals surface area contributed by atoms with Gasteiger partial charge in [-0.3, -0.25) is 9.69 Å². The number of hydrogen-bond acceptors (Lipinski definition) is 6. The van der Waals surface area contributed by atoms with Crippen LogP contribution in [0.2, 0.25) is 0 Å². The van der Waals surface area contributed by atoms with Crippen LogP contribution in [0.4, 0.5) is 5.82 Å². The van der Waals surface area contributed by atoms with E-state index in [1.54, 1.807) is 11.3 Å². The SMILES string of the molecule is Cc1cc(C)c(C(N)=O)c(NCC(c2cccs2)N2CCOCC2)n1. The predicted molar refractivity (Wildman–Crippen MR) is 100 cm³/mol. The lowest BCUT2D eigenvalue weighted by molar-refractivity contribution is 0.0194. The number of anilines is 1. The molecule has 3 heterocycles. The Labute approximate surface area is 152 Å². The molecule has 1 fully saturated rings. The van der Waals surface area contributed by atoms with E-state index in [0.717, 1.165) is 37.6 Å². The molecule has 0 bridgehead atoms. The Morgan fingerprint density at radius 1 is 1.44 bits per heavy atom.